The smallest absolute Gasteiger partial charge is 0.254 e. The van der Waals surface area contributed by atoms with Crippen LogP contribution in [0.1, 0.15) is 10.4 Å². The fraction of sp³-hybridized carbons (Fsp3) is 0.333. The normalized spacial score (nSPS) is 19.2. The van der Waals surface area contributed by atoms with Gasteiger partial charge in [0.25, 0.3) is 5.91 Å². The number of nitrogens with zero attached hydrogens (tertiary/aromatic N) is 2. The molecule has 1 atom stereocenters. The summed E-state index contributed by atoms with van der Waals surface area (Å²) in [7, 11) is 0. The number of halogens is 1. The molecule has 2 heterocycles. The van der Waals surface area contributed by atoms with E-state index >= 15 is 0 Å². The van der Waals surface area contributed by atoms with Gasteiger partial charge in [-0.2, -0.15) is 0 Å². The zero-order valence-electron chi connectivity index (χ0n) is 11.0. The van der Waals surface area contributed by atoms with Gasteiger partial charge < -0.3 is 9.64 Å². The number of hydrogen-bond donors (Lipinski definition) is 0. The van der Waals surface area contributed by atoms with E-state index in [0.29, 0.717) is 31.1 Å². The van der Waals surface area contributed by atoms with E-state index in [2.05, 4.69) is 4.98 Å². The maximum absolute atomic E-state index is 12.5. The van der Waals surface area contributed by atoms with Crippen molar-refractivity contribution in [3.8, 4) is 0 Å². The van der Waals surface area contributed by atoms with Crippen LogP contribution in [0.3, 0.4) is 0 Å². The van der Waals surface area contributed by atoms with E-state index in [4.69, 9.17) is 16.3 Å². The molecule has 4 nitrogen and oxygen atoms in total. The van der Waals surface area contributed by atoms with Crippen LogP contribution in [0.5, 0.6) is 0 Å². The Hall–Kier alpha value is -1.65. The Balaban J connectivity index is 1.84. The molecule has 1 aliphatic rings. The highest BCUT2D eigenvalue weighted by Crippen LogP contribution is 2.16. The summed E-state index contributed by atoms with van der Waals surface area (Å²) >= 11 is 5.80. The van der Waals surface area contributed by atoms with Gasteiger partial charge in [-0.1, -0.05) is 6.07 Å². The van der Waals surface area contributed by atoms with Crippen LogP contribution in [-0.4, -0.2) is 47.5 Å². The van der Waals surface area contributed by atoms with Gasteiger partial charge >= 0.3 is 0 Å². The van der Waals surface area contributed by atoms with Crippen LogP contribution in [0.2, 0.25) is 0 Å². The first-order valence-electron chi connectivity index (χ1n) is 6.59. The Labute approximate surface area is 122 Å². The molecule has 0 radical (unpaired) electrons. The van der Waals surface area contributed by atoms with Gasteiger partial charge in [0.15, 0.2) is 0 Å². The molecule has 2 aromatic rings. The quantitative estimate of drug-likeness (QED) is 0.797. The molecule has 0 saturated carbocycles. The number of pyridine rings is 1. The Kier molecular flexibility index (Phi) is 3.85. The van der Waals surface area contributed by atoms with Crippen molar-refractivity contribution >= 4 is 28.4 Å². The van der Waals surface area contributed by atoms with E-state index in [0.717, 1.165) is 10.9 Å². The van der Waals surface area contributed by atoms with Gasteiger partial charge in [0.2, 0.25) is 0 Å². The first-order chi connectivity index (χ1) is 9.78. The molecule has 1 aromatic carbocycles. The molecule has 1 saturated heterocycles. The summed E-state index contributed by atoms with van der Waals surface area (Å²) in [5.41, 5.74) is 1.57. The molecule has 5 heteroatoms. The van der Waals surface area contributed by atoms with Crippen LogP contribution in [0.15, 0.2) is 36.5 Å². The molecule has 0 spiro atoms. The van der Waals surface area contributed by atoms with Gasteiger partial charge in [0, 0.05) is 30.2 Å². The fourth-order valence-corrected chi connectivity index (χ4v) is 2.58. The van der Waals surface area contributed by atoms with Crippen molar-refractivity contribution in [2.45, 2.75) is 6.10 Å². The van der Waals surface area contributed by atoms with E-state index in [1.807, 2.05) is 30.3 Å². The fourth-order valence-electron chi connectivity index (χ4n) is 2.39. The van der Waals surface area contributed by atoms with Crippen LogP contribution in [-0.2, 0) is 4.74 Å². The number of hydrogen-bond acceptors (Lipinski definition) is 3. The minimum atomic E-state index is -0.0727. The van der Waals surface area contributed by atoms with Gasteiger partial charge in [-0.15, -0.1) is 11.6 Å². The number of morpholine rings is 1. The molecule has 1 unspecified atom stereocenters. The second-order valence-corrected chi connectivity index (χ2v) is 5.12. The lowest BCUT2D eigenvalue weighted by Crippen LogP contribution is -2.46. The molecule has 1 aromatic heterocycles. The highest BCUT2D eigenvalue weighted by Gasteiger charge is 2.24. The molecular formula is C15H15ClN2O2. The Morgan fingerprint density at radius 2 is 2.35 bits per heavy atom. The topological polar surface area (TPSA) is 42.4 Å². The highest BCUT2D eigenvalue weighted by atomic mass is 35.5. The Morgan fingerprint density at radius 3 is 3.20 bits per heavy atom. The lowest BCUT2D eigenvalue weighted by molar-refractivity contribution is -0.0107. The van der Waals surface area contributed by atoms with Crippen molar-refractivity contribution < 1.29 is 9.53 Å². The second kappa shape index (κ2) is 5.77. The number of ether oxygens (including phenoxy) is 1. The van der Waals surface area contributed by atoms with Crippen molar-refractivity contribution in [2.75, 3.05) is 25.6 Å². The lowest BCUT2D eigenvalue weighted by Gasteiger charge is -2.32. The van der Waals surface area contributed by atoms with Gasteiger partial charge in [-0.3, -0.25) is 9.78 Å². The standard InChI is InChI=1S/C15H15ClN2O2/c16-9-13-10-18(6-7-20-13)15(19)12-3-4-14-11(8-12)2-1-5-17-14/h1-5,8,13H,6-7,9-10H2. The molecule has 0 bridgehead atoms. The van der Waals surface area contributed by atoms with Crippen LogP contribution >= 0.6 is 11.6 Å². The zero-order chi connectivity index (χ0) is 13.9. The Morgan fingerprint density at radius 1 is 1.45 bits per heavy atom. The minimum absolute atomic E-state index is 0.0224. The average molecular weight is 291 g/mol. The average Bonchev–Trinajstić information content (AvgIpc) is 2.53. The number of benzene rings is 1. The van der Waals surface area contributed by atoms with Crippen molar-refractivity contribution in [2.24, 2.45) is 0 Å². The predicted octanol–water partition coefficient (Wildman–Crippen LogP) is 2.31. The molecule has 3 rings (SSSR count). The number of rotatable bonds is 2. The van der Waals surface area contributed by atoms with Crippen LogP contribution in [0, 0.1) is 0 Å². The van der Waals surface area contributed by atoms with Crippen LogP contribution < -0.4 is 0 Å². The lowest BCUT2D eigenvalue weighted by atomic mass is 10.1. The van der Waals surface area contributed by atoms with Crippen LogP contribution in [0.4, 0.5) is 0 Å². The number of alkyl halides is 1. The number of amides is 1. The summed E-state index contributed by atoms with van der Waals surface area (Å²) in [5.74, 6) is 0.431. The third kappa shape index (κ3) is 2.62. The second-order valence-electron chi connectivity index (χ2n) is 4.81. The Bertz CT molecular complexity index is 632. The largest absolute Gasteiger partial charge is 0.373 e. The van der Waals surface area contributed by atoms with Gasteiger partial charge in [0.05, 0.1) is 24.1 Å². The molecule has 104 valence electrons. The summed E-state index contributed by atoms with van der Waals surface area (Å²) < 4.78 is 5.48. The molecule has 0 N–H and O–H groups in total. The van der Waals surface area contributed by atoms with Crippen LogP contribution in [0.25, 0.3) is 10.9 Å². The summed E-state index contributed by atoms with van der Waals surface area (Å²) in [6.45, 7) is 1.70. The highest BCUT2D eigenvalue weighted by molar-refractivity contribution is 6.18. The summed E-state index contributed by atoms with van der Waals surface area (Å²) in [6, 6.07) is 9.41. The predicted molar refractivity (Wildman–Crippen MR) is 78.1 cm³/mol. The number of carbonyl (C=O) groups is 1. The first-order valence-corrected chi connectivity index (χ1v) is 7.13. The molecule has 1 fully saturated rings. The minimum Gasteiger partial charge on any atom is -0.373 e. The van der Waals surface area contributed by atoms with E-state index in [9.17, 15) is 4.79 Å². The summed E-state index contributed by atoms with van der Waals surface area (Å²) in [4.78, 5) is 18.6. The molecule has 20 heavy (non-hydrogen) atoms. The number of carbonyl (C=O) groups excluding carboxylic acids is 1. The third-order valence-corrected chi connectivity index (χ3v) is 3.79. The molecule has 0 aliphatic carbocycles. The number of aromatic nitrogens is 1. The van der Waals surface area contributed by atoms with E-state index < -0.39 is 0 Å². The maximum Gasteiger partial charge on any atom is 0.254 e. The third-order valence-electron chi connectivity index (χ3n) is 3.45. The van der Waals surface area contributed by atoms with Gasteiger partial charge in [-0.05, 0) is 24.3 Å². The van der Waals surface area contributed by atoms with E-state index in [1.165, 1.54) is 0 Å². The maximum atomic E-state index is 12.5. The molecular weight excluding hydrogens is 276 g/mol. The summed E-state index contributed by atoms with van der Waals surface area (Å²) in [6.07, 6.45) is 1.67. The van der Waals surface area contributed by atoms with Crippen molar-refractivity contribution in [1.82, 2.24) is 9.88 Å². The van der Waals surface area contributed by atoms with Crippen molar-refractivity contribution in [3.05, 3.63) is 42.1 Å². The van der Waals surface area contributed by atoms with Crippen molar-refractivity contribution in [3.63, 3.8) is 0 Å². The molecule has 1 amide bonds. The first kappa shape index (κ1) is 13.3. The van der Waals surface area contributed by atoms with E-state index in [-0.39, 0.29) is 12.0 Å². The van der Waals surface area contributed by atoms with Gasteiger partial charge in [0.1, 0.15) is 0 Å². The van der Waals surface area contributed by atoms with Gasteiger partial charge in [-0.25, -0.2) is 0 Å². The summed E-state index contributed by atoms with van der Waals surface area (Å²) in [5, 5.41) is 0.973. The van der Waals surface area contributed by atoms with E-state index in [1.54, 1.807) is 11.1 Å². The monoisotopic (exact) mass is 290 g/mol. The van der Waals surface area contributed by atoms with Crippen molar-refractivity contribution in [1.29, 1.82) is 0 Å². The zero-order valence-corrected chi connectivity index (χ0v) is 11.7. The SMILES string of the molecule is O=C(c1ccc2ncccc2c1)N1CCOC(CCl)C1. The number of fused-ring (bicyclic) bond motifs is 1. The molecule has 1 aliphatic heterocycles.